The highest BCUT2D eigenvalue weighted by Gasteiger charge is 2.32. The summed E-state index contributed by atoms with van der Waals surface area (Å²) in [5.41, 5.74) is 1.69. The van der Waals surface area contributed by atoms with Gasteiger partial charge in [-0.15, -0.1) is 0 Å². The van der Waals surface area contributed by atoms with Gasteiger partial charge in [-0.25, -0.2) is 0 Å². The van der Waals surface area contributed by atoms with Crippen molar-refractivity contribution in [1.82, 2.24) is 14.8 Å². The summed E-state index contributed by atoms with van der Waals surface area (Å²) < 4.78 is 5.42. The Morgan fingerprint density at radius 3 is 2.66 bits per heavy atom. The molecule has 5 nitrogen and oxygen atoms in total. The first-order valence-corrected chi connectivity index (χ1v) is 11.7. The minimum atomic E-state index is -0.0132. The number of benzene rings is 1. The van der Waals surface area contributed by atoms with Gasteiger partial charge in [0.1, 0.15) is 11.4 Å². The van der Waals surface area contributed by atoms with Gasteiger partial charge in [0.25, 0.3) is 5.91 Å². The first-order chi connectivity index (χ1) is 15.5. The van der Waals surface area contributed by atoms with Crippen molar-refractivity contribution in [1.29, 1.82) is 0 Å². The number of rotatable bonds is 9. The lowest BCUT2D eigenvalue weighted by molar-refractivity contribution is 0.0593. The van der Waals surface area contributed by atoms with E-state index >= 15 is 0 Å². The number of hydrogen-bond donors (Lipinski definition) is 0. The van der Waals surface area contributed by atoms with Crippen molar-refractivity contribution in [2.45, 2.75) is 39.2 Å². The summed E-state index contributed by atoms with van der Waals surface area (Å²) in [4.78, 5) is 22.0. The van der Waals surface area contributed by atoms with Crippen LogP contribution in [0, 0.1) is 11.8 Å². The van der Waals surface area contributed by atoms with Crippen molar-refractivity contribution >= 4 is 5.91 Å². The first kappa shape index (κ1) is 24.0. The molecule has 1 aliphatic heterocycles. The van der Waals surface area contributed by atoms with Crippen LogP contribution in [0.2, 0.25) is 0 Å². The minimum absolute atomic E-state index is 0.0132. The number of methoxy groups -OCH3 is 1. The Labute approximate surface area is 193 Å². The second kappa shape index (κ2) is 11.8. The number of likely N-dealkylation sites (N-methyl/N-ethyl adjacent to an activating group) is 1. The number of piperidine rings is 1. The van der Waals surface area contributed by atoms with Crippen LogP contribution in [0.15, 0.2) is 60.8 Å². The number of ether oxygens (including phenoxy) is 1. The fraction of sp³-hybridized carbons (Fsp3) is 0.481. The van der Waals surface area contributed by atoms with Crippen LogP contribution in [0.1, 0.15) is 42.7 Å². The third-order valence-corrected chi connectivity index (χ3v) is 6.34. The van der Waals surface area contributed by atoms with Gasteiger partial charge in [-0.3, -0.25) is 14.7 Å². The number of carbonyl (C=O) groups excluding carboxylic acids is 1. The quantitative estimate of drug-likeness (QED) is 0.536. The van der Waals surface area contributed by atoms with Crippen LogP contribution in [-0.4, -0.2) is 60.5 Å². The van der Waals surface area contributed by atoms with Crippen molar-refractivity contribution in [3.05, 3.63) is 72.1 Å². The summed E-state index contributed by atoms with van der Waals surface area (Å²) in [6, 6.07) is 13.8. The minimum Gasteiger partial charge on any atom is -0.497 e. The predicted molar refractivity (Wildman–Crippen MR) is 130 cm³/mol. The lowest BCUT2D eigenvalue weighted by Crippen LogP contribution is -2.47. The lowest BCUT2D eigenvalue weighted by Gasteiger charge is -2.40. The molecule has 1 atom stereocenters. The van der Waals surface area contributed by atoms with E-state index in [-0.39, 0.29) is 11.9 Å². The van der Waals surface area contributed by atoms with E-state index in [4.69, 9.17) is 4.74 Å². The van der Waals surface area contributed by atoms with E-state index in [1.807, 2.05) is 36.2 Å². The molecule has 0 radical (unpaired) electrons. The maximum atomic E-state index is 13.2. The van der Waals surface area contributed by atoms with E-state index in [1.165, 1.54) is 5.56 Å². The SMILES string of the molecule is COc1cccc(C[C@@H](C2CCN(C/C=C/C(C)C)CC2)N(C)C(=O)c2ccccn2)c1. The molecule has 1 amide bonds. The Kier molecular flexibility index (Phi) is 8.86. The highest BCUT2D eigenvalue weighted by Crippen LogP contribution is 2.28. The van der Waals surface area contributed by atoms with Gasteiger partial charge in [-0.1, -0.05) is 44.2 Å². The van der Waals surface area contributed by atoms with Gasteiger partial charge >= 0.3 is 0 Å². The van der Waals surface area contributed by atoms with Gasteiger partial charge in [0.2, 0.25) is 0 Å². The van der Waals surface area contributed by atoms with Crippen LogP contribution in [-0.2, 0) is 6.42 Å². The van der Waals surface area contributed by atoms with Crippen LogP contribution in [0.25, 0.3) is 0 Å². The zero-order chi connectivity index (χ0) is 22.9. The molecule has 2 aromatic rings. The first-order valence-electron chi connectivity index (χ1n) is 11.7. The Balaban J connectivity index is 1.74. The number of carbonyl (C=O) groups is 1. The van der Waals surface area contributed by atoms with Crippen LogP contribution in [0.3, 0.4) is 0 Å². The summed E-state index contributed by atoms with van der Waals surface area (Å²) in [7, 11) is 3.62. The third kappa shape index (κ3) is 6.67. The monoisotopic (exact) mass is 435 g/mol. The van der Waals surface area contributed by atoms with Gasteiger partial charge in [-0.05, 0) is 74.0 Å². The Morgan fingerprint density at radius 2 is 2.00 bits per heavy atom. The molecule has 172 valence electrons. The van der Waals surface area contributed by atoms with Crippen molar-refractivity contribution in [3.63, 3.8) is 0 Å². The number of hydrogen-bond acceptors (Lipinski definition) is 4. The molecule has 1 fully saturated rings. The number of nitrogens with zero attached hydrogens (tertiary/aromatic N) is 3. The summed E-state index contributed by atoms with van der Waals surface area (Å²) >= 11 is 0. The van der Waals surface area contributed by atoms with E-state index in [1.54, 1.807) is 19.4 Å². The zero-order valence-corrected chi connectivity index (χ0v) is 19.9. The standard InChI is InChI=1S/C27H37N3O2/c1-21(2)9-8-16-30-17-13-23(14-18-30)26(20-22-10-7-11-24(19-22)32-4)29(3)27(31)25-12-5-6-15-28-25/h5-12,15,19,21,23,26H,13-14,16-18,20H2,1-4H3/b9-8+/t26-/m0/s1. The molecule has 1 saturated heterocycles. The van der Waals surface area contributed by atoms with Crippen molar-refractivity contribution in [2.24, 2.45) is 11.8 Å². The molecule has 1 aromatic carbocycles. The number of amides is 1. The molecule has 0 saturated carbocycles. The molecular weight excluding hydrogens is 398 g/mol. The fourth-order valence-corrected chi connectivity index (χ4v) is 4.48. The second-order valence-electron chi connectivity index (χ2n) is 9.06. The molecule has 0 bridgehead atoms. The lowest BCUT2D eigenvalue weighted by atomic mass is 9.84. The maximum Gasteiger partial charge on any atom is 0.272 e. The Morgan fingerprint density at radius 1 is 1.22 bits per heavy atom. The Hall–Kier alpha value is -2.66. The number of pyridine rings is 1. The van der Waals surface area contributed by atoms with Crippen LogP contribution < -0.4 is 4.74 Å². The molecule has 0 unspecified atom stereocenters. The molecular formula is C27H37N3O2. The summed E-state index contributed by atoms with van der Waals surface area (Å²) in [6.45, 7) is 7.55. The molecule has 3 rings (SSSR count). The average Bonchev–Trinajstić information content (AvgIpc) is 2.82. The smallest absolute Gasteiger partial charge is 0.272 e. The molecule has 1 aliphatic rings. The van der Waals surface area contributed by atoms with Gasteiger partial charge < -0.3 is 9.64 Å². The molecule has 1 aromatic heterocycles. The Bertz CT molecular complexity index is 873. The van der Waals surface area contributed by atoms with Crippen molar-refractivity contribution in [2.75, 3.05) is 33.8 Å². The van der Waals surface area contributed by atoms with Crippen LogP contribution >= 0.6 is 0 Å². The number of allylic oxidation sites excluding steroid dienone is 1. The van der Waals surface area contributed by atoms with E-state index < -0.39 is 0 Å². The van der Waals surface area contributed by atoms with E-state index in [0.717, 1.165) is 44.6 Å². The van der Waals surface area contributed by atoms with E-state index in [9.17, 15) is 4.79 Å². The van der Waals surface area contributed by atoms with Crippen LogP contribution in [0.5, 0.6) is 5.75 Å². The molecule has 0 N–H and O–H groups in total. The van der Waals surface area contributed by atoms with E-state index in [0.29, 0.717) is 17.5 Å². The van der Waals surface area contributed by atoms with Crippen molar-refractivity contribution in [3.8, 4) is 5.75 Å². The summed E-state index contributed by atoms with van der Waals surface area (Å²) in [5.74, 6) is 1.88. The second-order valence-corrected chi connectivity index (χ2v) is 9.06. The average molecular weight is 436 g/mol. The third-order valence-electron chi connectivity index (χ3n) is 6.34. The molecule has 32 heavy (non-hydrogen) atoms. The van der Waals surface area contributed by atoms with Gasteiger partial charge in [0, 0.05) is 25.8 Å². The summed E-state index contributed by atoms with van der Waals surface area (Å²) in [5, 5.41) is 0. The van der Waals surface area contributed by atoms with Crippen molar-refractivity contribution < 1.29 is 9.53 Å². The van der Waals surface area contributed by atoms with E-state index in [2.05, 4.69) is 48.0 Å². The maximum absolute atomic E-state index is 13.2. The molecule has 2 heterocycles. The highest BCUT2D eigenvalue weighted by atomic mass is 16.5. The zero-order valence-electron chi connectivity index (χ0n) is 19.9. The predicted octanol–water partition coefficient (Wildman–Crippen LogP) is 4.70. The number of likely N-dealkylation sites (tertiary alicyclic amines) is 1. The normalized spacial score (nSPS) is 16.4. The topological polar surface area (TPSA) is 45.7 Å². The molecule has 5 heteroatoms. The summed E-state index contributed by atoms with van der Waals surface area (Å²) in [6.07, 6.45) is 9.23. The largest absolute Gasteiger partial charge is 0.497 e. The highest BCUT2D eigenvalue weighted by molar-refractivity contribution is 5.92. The van der Waals surface area contributed by atoms with Crippen LogP contribution in [0.4, 0.5) is 0 Å². The molecule has 0 aliphatic carbocycles. The van der Waals surface area contributed by atoms with Gasteiger partial charge in [0.05, 0.1) is 7.11 Å². The number of aromatic nitrogens is 1. The van der Waals surface area contributed by atoms with Gasteiger partial charge in [-0.2, -0.15) is 0 Å². The van der Waals surface area contributed by atoms with Gasteiger partial charge in [0.15, 0.2) is 0 Å². The fourth-order valence-electron chi connectivity index (χ4n) is 4.48. The molecule has 0 spiro atoms.